The minimum atomic E-state index is -0.0710. The van der Waals surface area contributed by atoms with Gasteiger partial charge in [0.2, 0.25) is 0 Å². The van der Waals surface area contributed by atoms with E-state index in [1.807, 2.05) is 0 Å². The average Bonchev–Trinajstić information content (AvgIpc) is 3.37. The highest BCUT2D eigenvalue weighted by atomic mass is 15.2. The van der Waals surface area contributed by atoms with Gasteiger partial charge in [-0.15, -0.1) is 0 Å². The van der Waals surface area contributed by atoms with Gasteiger partial charge in [0, 0.05) is 39.7 Å². The lowest BCUT2D eigenvalue weighted by Crippen LogP contribution is -2.62. The van der Waals surface area contributed by atoms with Gasteiger partial charge in [-0.1, -0.05) is 206 Å². The molecule has 0 bridgehead atoms. The summed E-state index contributed by atoms with van der Waals surface area (Å²) in [4.78, 5) is 5.10. The monoisotopic (exact) mass is 800 g/mol. The van der Waals surface area contributed by atoms with Crippen LogP contribution in [-0.4, -0.2) is 6.71 Å². The fraction of sp³-hybridized carbons (Fsp3) is 0. The summed E-state index contributed by atoms with van der Waals surface area (Å²) in [5.41, 5.74) is 22.8. The molecular weight excluding hydrogens is 759 g/mol. The van der Waals surface area contributed by atoms with Crippen LogP contribution in [-0.2, 0) is 0 Å². The van der Waals surface area contributed by atoms with Crippen LogP contribution < -0.4 is 26.2 Å². The molecule has 10 aromatic carbocycles. The number of anilines is 6. The third-order valence-corrected chi connectivity index (χ3v) is 12.8. The van der Waals surface area contributed by atoms with E-state index in [4.69, 9.17) is 0 Å². The van der Waals surface area contributed by atoms with Crippen molar-refractivity contribution >= 4 is 57.2 Å². The van der Waals surface area contributed by atoms with E-state index in [1.54, 1.807) is 0 Å². The minimum absolute atomic E-state index is 0.0710. The van der Waals surface area contributed by atoms with Gasteiger partial charge in [0.1, 0.15) is 0 Å². The zero-order valence-electron chi connectivity index (χ0n) is 34.6. The third kappa shape index (κ3) is 6.28. The maximum Gasteiger partial charge on any atom is 0.252 e. The van der Waals surface area contributed by atoms with Gasteiger partial charge < -0.3 is 9.80 Å². The van der Waals surface area contributed by atoms with Crippen molar-refractivity contribution in [3.05, 3.63) is 249 Å². The van der Waals surface area contributed by atoms with Gasteiger partial charge in [-0.25, -0.2) is 0 Å². The smallest absolute Gasteiger partial charge is 0.252 e. The molecule has 0 unspecified atom stereocenters. The Balaban J connectivity index is 1.20. The lowest BCUT2D eigenvalue weighted by Gasteiger charge is -2.45. The molecule has 10 aromatic rings. The van der Waals surface area contributed by atoms with Crippen LogP contribution in [0.3, 0.4) is 0 Å². The first-order chi connectivity index (χ1) is 31.3. The Labute approximate surface area is 369 Å². The summed E-state index contributed by atoms with van der Waals surface area (Å²) in [6.45, 7) is -0.0710. The number of benzene rings is 10. The molecule has 2 aliphatic heterocycles. The second kappa shape index (κ2) is 15.4. The number of hydrogen-bond donors (Lipinski definition) is 0. The Morgan fingerprint density at radius 3 is 1.33 bits per heavy atom. The first-order valence-electron chi connectivity index (χ1n) is 21.8. The molecule has 0 saturated carbocycles. The van der Waals surface area contributed by atoms with Crippen LogP contribution in [0, 0.1) is 0 Å². The first-order valence-corrected chi connectivity index (χ1v) is 21.8. The van der Waals surface area contributed by atoms with Crippen molar-refractivity contribution in [1.82, 2.24) is 0 Å². The Kier molecular flexibility index (Phi) is 8.97. The van der Waals surface area contributed by atoms with E-state index in [9.17, 15) is 0 Å². The summed E-state index contributed by atoms with van der Waals surface area (Å²) < 4.78 is 0. The molecule has 3 heteroatoms. The predicted molar refractivity (Wildman–Crippen MR) is 268 cm³/mol. The van der Waals surface area contributed by atoms with Gasteiger partial charge in [-0.2, -0.15) is 0 Å². The molecule has 12 rings (SSSR count). The lowest BCUT2D eigenvalue weighted by atomic mass is 9.32. The molecular formula is C60H41BN2. The predicted octanol–water partition coefficient (Wildman–Crippen LogP) is 14.1. The maximum absolute atomic E-state index is 2.56. The molecule has 0 fully saturated rings. The second-order valence-corrected chi connectivity index (χ2v) is 16.4. The van der Waals surface area contributed by atoms with Crippen molar-refractivity contribution in [3.8, 4) is 55.6 Å². The number of para-hydroxylation sites is 1. The normalized spacial score (nSPS) is 12.3. The van der Waals surface area contributed by atoms with E-state index in [2.05, 4.69) is 259 Å². The molecule has 2 nitrogen and oxygen atoms in total. The van der Waals surface area contributed by atoms with Crippen molar-refractivity contribution in [2.75, 3.05) is 9.80 Å². The summed E-state index contributed by atoms with van der Waals surface area (Å²) in [6, 6.07) is 91.1. The lowest BCUT2D eigenvalue weighted by molar-refractivity contribution is 1.25. The molecule has 294 valence electrons. The summed E-state index contributed by atoms with van der Waals surface area (Å²) in [5, 5.41) is 0. The zero-order chi connectivity index (χ0) is 41.7. The standard InChI is InChI=1S/C60H41BN2/c1-6-19-42(20-7-1)45-35-37-50(38-36-45)63-57-41-49(44-23-10-3-11-24-44)40-56-59(57)61(54-33-17-32-53(60(54)63)47-27-14-5-15-28-47)58-52(46-25-12-4-13-26-46)31-18-34-55(58)62(56)51-30-16-29-48(39-51)43-21-8-2-9-22-43/h1-41H. The van der Waals surface area contributed by atoms with Crippen LogP contribution in [0.15, 0.2) is 249 Å². The van der Waals surface area contributed by atoms with E-state index in [-0.39, 0.29) is 6.71 Å². The molecule has 0 atom stereocenters. The third-order valence-electron chi connectivity index (χ3n) is 12.8. The highest BCUT2D eigenvalue weighted by Crippen LogP contribution is 2.49. The van der Waals surface area contributed by atoms with Gasteiger partial charge in [-0.3, -0.25) is 0 Å². The molecule has 0 aromatic heterocycles. The van der Waals surface area contributed by atoms with Crippen LogP contribution in [0.1, 0.15) is 0 Å². The largest absolute Gasteiger partial charge is 0.311 e. The van der Waals surface area contributed by atoms with E-state index < -0.39 is 0 Å². The SMILES string of the molecule is c1ccc(-c2ccc(N3c4cc(-c5ccccc5)cc5c4B(c4cccc(-c6ccccc6)c43)c3c(-c4ccccc4)cccc3N5c3cccc(-c4ccccc4)c3)cc2)cc1. The van der Waals surface area contributed by atoms with Crippen LogP contribution in [0.4, 0.5) is 34.1 Å². The van der Waals surface area contributed by atoms with E-state index in [1.165, 1.54) is 94.8 Å². The molecule has 2 aliphatic rings. The molecule has 0 saturated heterocycles. The van der Waals surface area contributed by atoms with E-state index in [0.717, 1.165) is 11.4 Å². The fourth-order valence-corrected chi connectivity index (χ4v) is 10.0. The summed E-state index contributed by atoms with van der Waals surface area (Å²) >= 11 is 0. The van der Waals surface area contributed by atoms with Crippen LogP contribution in [0.5, 0.6) is 0 Å². The summed E-state index contributed by atoms with van der Waals surface area (Å²) in [6.07, 6.45) is 0. The van der Waals surface area contributed by atoms with Crippen molar-refractivity contribution < 1.29 is 0 Å². The Hall–Kier alpha value is -8.14. The van der Waals surface area contributed by atoms with Gasteiger partial charge >= 0.3 is 0 Å². The first kappa shape index (κ1) is 36.7. The molecule has 0 amide bonds. The zero-order valence-corrected chi connectivity index (χ0v) is 34.6. The van der Waals surface area contributed by atoms with Crippen molar-refractivity contribution in [2.24, 2.45) is 0 Å². The maximum atomic E-state index is 2.56. The summed E-state index contributed by atoms with van der Waals surface area (Å²) in [5.74, 6) is 0. The highest BCUT2D eigenvalue weighted by molar-refractivity contribution is 7.01. The number of hydrogen-bond acceptors (Lipinski definition) is 2. The van der Waals surface area contributed by atoms with Gasteiger partial charge in [0.05, 0.1) is 0 Å². The number of nitrogens with zero attached hydrogens (tertiary/aromatic N) is 2. The van der Waals surface area contributed by atoms with Crippen LogP contribution in [0.2, 0.25) is 0 Å². The van der Waals surface area contributed by atoms with Crippen LogP contribution in [0.25, 0.3) is 55.6 Å². The average molecular weight is 801 g/mol. The second-order valence-electron chi connectivity index (χ2n) is 16.4. The molecule has 2 heterocycles. The number of fused-ring (bicyclic) bond motifs is 4. The quantitative estimate of drug-likeness (QED) is 0.148. The molecule has 0 radical (unpaired) electrons. The van der Waals surface area contributed by atoms with E-state index >= 15 is 0 Å². The van der Waals surface area contributed by atoms with E-state index in [0.29, 0.717) is 0 Å². The minimum Gasteiger partial charge on any atom is -0.311 e. The van der Waals surface area contributed by atoms with Crippen molar-refractivity contribution in [1.29, 1.82) is 0 Å². The fourth-order valence-electron chi connectivity index (χ4n) is 10.0. The molecule has 63 heavy (non-hydrogen) atoms. The van der Waals surface area contributed by atoms with Crippen molar-refractivity contribution in [3.63, 3.8) is 0 Å². The van der Waals surface area contributed by atoms with Gasteiger partial charge in [-0.05, 0) is 109 Å². The highest BCUT2D eigenvalue weighted by Gasteiger charge is 2.45. The Bertz CT molecular complexity index is 3260. The van der Waals surface area contributed by atoms with Crippen LogP contribution >= 0.6 is 0 Å². The summed E-state index contributed by atoms with van der Waals surface area (Å²) in [7, 11) is 0. The molecule has 0 aliphatic carbocycles. The Morgan fingerprint density at radius 1 is 0.254 bits per heavy atom. The molecule has 0 N–H and O–H groups in total. The number of rotatable bonds is 7. The molecule has 0 spiro atoms. The van der Waals surface area contributed by atoms with Gasteiger partial charge in [0.15, 0.2) is 0 Å². The van der Waals surface area contributed by atoms with Crippen molar-refractivity contribution in [2.45, 2.75) is 0 Å². The van der Waals surface area contributed by atoms with Gasteiger partial charge in [0.25, 0.3) is 6.71 Å². The topological polar surface area (TPSA) is 6.48 Å². The Morgan fingerprint density at radius 2 is 0.714 bits per heavy atom.